The molecule has 1 aromatic heterocycles. The van der Waals surface area contributed by atoms with Gasteiger partial charge in [-0.3, -0.25) is 15.2 Å². The molecule has 0 atom stereocenters. The Bertz CT molecular complexity index is 528. The minimum Gasteiger partial charge on any atom is -0.399 e. The van der Waals surface area contributed by atoms with Crippen LogP contribution in [0, 0.1) is 0 Å². The molecule has 0 unspecified atom stereocenters. The lowest BCUT2D eigenvalue weighted by Gasteiger charge is -2.07. The number of nitrogens with one attached hydrogen (secondary N) is 2. The first-order valence-corrected chi connectivity index (χ1v) is 5.54. The highest BCUT2D eigenvalue weighted by Gasteiger charge is 2.04. The quantitative estimate of drug-likeness (QED) is 0.554. The van der Waals surface area contributed by atoms with E-state index in [0.717, 1.165) is 5.56 Å². The van der Waals surface area contributed by atoms with E-state index in [2.05, 4.69) is 15.8 Å². The zero-order chi connectivity index (χ0) is 12.8. The number of rotatable bonds is 4. The molecule has 2 aromatic rings. The number of nitrogen functional groups attached to an aromatic ring is 1. The van der Waals surface area contributed by atoms with Crippen LogP contribution in [0.25, 0.3) is 0 Å². The van der Waals surface area contributed by atoms with Gasteiger partial charge in [-0.2, -0.15) is 0 Å². The van der Waals surface area contributed by atoms with Crippen LogP contribution >= 0.6 is 0 Å². The zero-order valence-corrected chi connectivity index (χ0v) is 9.76. The van der Waals surface area contributed by atoms with Crippen LogP contribution in [0.4, 0.5) is 5.69 Å². The van der Waals surface area contributed by atoms with Crippen molar-refractivity contribution in [2.24, 2.45) is 0 Å². The van der Waals surface area contributed by atoms with Gasteiger partial charge in [-0.05, 0) is 29.8 Å². The second-order valence-electron chi connectivity index (χ2n) is 3.77. The van der Waals surface area contributed by atoms with Crippen LogP contribution < -0.4 is 16.6 Å². The summed E-state index contributed by atoms with van der Waals surface area (Å²) in [5.41, 5.74) is 13.1. The number of hydrogen-bond acceptors (Lipinski definition) is 4. The summed E-state index contributed by atoms with van der Waals surface area (Å²) in [7, 11) is 0. The summed E-state index contributed by atoms with van der Waals surface area (Å²) < 4.78 is 0. The van der Waals surface area contributed by atoms with Crippen molar-refractivity contribution >= 4 is 11.6 Å². The Labute approximate surface area is 105 Å². The van der Waals surface area contributed by atoms with Gasteiger partial charge in [-0.1, -0.05) is 18.2 Å². The number of nitrogens with zero attached hydrogens (tertiary/aromatic N) is 1. The molecule has 4 N–H and O–H groups in total. The van der Waals surface area contributed by atoms with Crippen LogP contribution in [0.2, 0.25) is 0 Å². The Morgan fingerprint density at radius 1 is 1.22 bits per heavy atom. The normalized spacial score (nSPS) is 10.0. The lowest BCUT2D eigenvalue weighted by atomic mass is 10.2. The van der Waals surface area contributed by atoms with Crippen LogP contribution in [0.15, 0.2) is 48.7 Å². The smallest absolute Gasteiger partial charge is 0.283 e. The molecule has 0 radical (unpaired) electrons. The van der Waals surface area contributed by atoms with Gasteiger partial charge < -0.3 is 5.73 Å². The third-order valence-corrected chi connectivity index (χ3v) is 2.34. The Kier molecular flexibility index (Phi) is 3.88. The maximum Gasteiger partial charge on any atom is 0.283 e. The summed E-state index contributed by atoms with van der Waals surface area (Å²) in [6, 6.07) is 12.6. The maximum absolute atomic E-state index is 11.6. The number of carbonyl (C=O) groups excluding carboxylic acids is 1. The molecule has 5 heteroatoms. The molecule has 1 aromatic carbocycles. The Balaban J connectivity index is 1.84. The molecule has 0 spiro atoms. The lowest BCUT2D eigenvalue weighted by molar-refractivity contribution is 0.0927. The van der Waals surface area contributed by atoms with Gasteiger partial charge >= 0.3 is 0 Å². The standard InChI is InChI=1S/C13H14N4O/c14-11-5-3-4-10(8-11)9-16-17-13(18)12-6-1-2-7-15-12/h1-8,16H,9,14H2,(H,17,18). The minimum absolute atomic E-state index is 0.264. The van der Waals surface area contributed by atoms with Crippen molar-refractivity contribution in [1.29, 1.82) is 0 Å². The first-order valence-electron chi connectivity index (χ1n) is 5.54. The SMILES string of the molecule is Nc1cccc(CNNC(=O)c2ccccn2)c1. The van der Waals surface area contributed by atoms with E-state index in [4.69, 9.17) is 5.73 Å². The molecule has 0 fully saturated rings. The number of anilines is 1. The number of hydrogen-bond donors (Lipinski definition) is 3. The molecule has 0 aliphatic heterocycles. The molecule has 1 heterocycles. The van der Waals surface area contributed by atoms with E-state index in [0.29, 0.717) is 17.9 Å². The van der Waals surface area contributed by atoms with E-state index in [-0.39, 0.29) is 5.91 Å². The molecule has 2 rings (SSSR count). The topological polar surface area (TPSA) is 80.0 Å². The molecule has 0 aliphatic rings. The number of amides is 1. The molecule has 0 saturated heterocycles. The van der Waals surface area contributed by atoms with Gasteiger partial charge in [0.1, 0.15) is 5.69 Å². The highest BCUT2D eigenvalue weighted by molar-refractivity contribution is 5.91. The maximum atomic E-state index is 11.6. The predicted molar refractivity (Wildman–Crippen MR) is 69.4 cm³/mol. The third kappa shape index (κ3) is 3.29. The average Bonchev–Trinajstić information content (AvgIpc) is 2.40. The third-order valence-electron chi connectivity index (χ3n) is 2.34. The van der Waals surface area contributed by atoms with Gasteiger partial charge in [-0.25, -0.2) is 5.43 Å². The van der Waals surface area contributed by atoms with Gasteiger partial charge in [0.15, 0.2) is 0 Å². The monoisotopic (exact) mass is 242 g/mol. The number of carbonyl (C=O) groups is 1. The first-order chi connectivity index (χ1) is 8.75. The second-order valence-corrected chi connectivity index (χ2v) is 3.77. The molecule has 0 aliphatic carbocycles. The molecule has 92 valence electrons. The van der Waals surface area contributed by atoms with Crippen molar-refractivity contribution in [3.05, 3.63) is 59.9 Å². The van der Waals surface area contributed by atoms with Gasteiger partial charge in [0.05, 0.1) is 0 Å². The fourth-order valence-corrected chi connectivity index (χ4v) is 1.49. The number of nitrogens with two attached hydrogens (primary N) is 1. The van der Waals surface area contributed by atoms with Crippen molar-refractivity contribution < 1.29 is 4.79 Å². The van der Waals surface area contributed by atoms with Crippen LogP contribution in [0.5, 0.6) is 0 Å². The molecule has 5 nitrogen and oxygen atoms in total. The van der Waals surface area contributed by atoms with E-state index in [1.165, 1.54) is 0 Å². The first kappa shape index (κ1) is 12.1. The van der Waals surface area contributed by atoms with Gasteiger partial charge in [0.2, 0.25) is 0 Å². The van der Waals surface area contributed by atoms with Gasteiger partial charge in [0.25, 0.3) is 5.91 Å². The number of hydrazine groups is 1. The van der Waals surface area contributed by atoms with Crippen LogP contribution in [-0.4, -0.2) is 10.9 Å². The van der Waals surface area contributed by atoms with Crippen molar-refractivity contribution in [2.45, 2.75) is 6.54 Å². The Morgan fingerprint density at radius 2 is 2.11 bits per heavy atom. The fourth-order valence-electron chi connectivity index (χ4n) is 1.49. The summed E-state index contributed by atoms with van der Waals surface area (Å²) in [5.74, 6) is -0.264. The summed E-state index contributed by atoms with van der Waals surface area (Å²) in [6.45, 7) is 0.504. The molecule has 0 saturated carbocycles. The number of aromatic nitrogens is 1. The Hall–Kier alpha value is -2.40. The van der Waals surface area contributed by atoms with E-state index in [1.807, 2.05) is 24.3 Å². The van der Waals surface area contributed by atoms with E-state index >= 15 is 0 Å². The van der Waals surface area contributed by atoms with Crippen LogP contribution in [0.3, 0.4) is 0 Å². The summed E-state index contributed by atoms with van der Waals surface area (Å²) in [6.07, 6.45) is 1.58. The molecule has 18 heavy (non-hydrogen) atoms. The molecular weight excluding hydrogens is 228 g/mol. The number of benzene rings is 1. The van der Waals surface area contributed by atoms with E-state index < -0.39 is 0 Å². The molecule has 0 bridgehead atoms. The van der Waals surface area contributed by atoms with Crippen LogP contribution in [-0.2, 0) is 6.54 Å². The molecular formula is C13H14N4O. The highest BCUT2D eigenvalue weighted by atomic mass is 16.2. The zero-order valence-electron chi connectivity index (χ0n) is 9.76. The summed E-state index contributed by atoms with van der Waals surface area (Å²) in [4.78, 5) is 15.6. The van der Waals surface area contributed by atoms with Crippen LogP contribution in [0.1, 0.15) is 16.1 Å². The summed E-state index contributed by atoms with van der Waals surface area (Å²) in [5, 5.41) is 0. The molecule has 1 amide bonds. The summed E-state index contributed by atoms with van der Waals surface area (Å²) >= 11 is 0. The lowest BCUT2D eigenvalue weighted by Crippen LogP contribution is -2.37. The van der Waals surface area contributed by atoms with E-state index in [9.17, 15) is 4.79 Å². The van der Waals surface area contributed by atoms with Crippen molar-refractivity contribution in [2.75, 3.05) is 5.73 Å². The fraction of sp³-hybridized carbons (Fsp3) is 0.0769. The average molecular weight is 242 g/mol. The minimum atomic E-state index is -0.264. The predicted octanol–water partition coefficient (Wildman–Crippen LogP) is 1.10. The van der Waals surface area contributed by atoms with Crippen molar-refractivity contribution in [3.8, 4) is 0 Å². The Morgan fingerprint density at radius 3 is 2.83 bits per heavy atom. The van der Waals surface area contributed by atoms with Gasteiger partial charge in [0, 0.05) is 18.4 Å². The van der Waals surface area contributed by atoms with E-state index in [1.54, 1.807) is 24.4 Å². The van der Waals surface area contributed by atoms with Crippen molar-refractivity contribution in [3.63, 3.8) is 0 Å². The highest BCUT2D eigenvalue weighted by Crippen LogP contribution is 2.05. The second kappa shape index (κ2) is 5.79. The van der Waals surface area contributed by atoms with Gasteiger partial charge in [-0.15, -0.1) is 0 Å². The largest absolute Gasteiger partial charge is 0.399 e. The number of pyridine rings is 1. The van der Waals surface area contributed by atoms with Crippen molar-refractivity contribution in [1.82, 2.24) is 15.8 Å².